The molecule has 0 aromatic heterocycles. The minimum atomic E-state index is -1.25. The Morgan fingerprint density at radius 1 is 1.40 bits per heavy atom. The van der Waals surface area contributed by atoms with Gasteiger partial charge in [-0.15, -0.1) is 11.8 Å². The number of esters is 2. The second-order valence-electron chi connectivity index (χ2n) is 5.42. The number of hydrogen-bond acceptors (Lipinski definition) is 8. The first-order valence-electron chi connectivity index (χ1n) is 7.32. The Hall–Kier alpha value is -2.49. The zero-order valence-electron chi connectivity index (χ0n) is 13.9. The molecule has 1 amide bonds. The average Bonchev–Trinajstić information content (AvgIpc) is 2.56. The molecule has 0 unspecified atom stereocenters. The second-order valence-corrected chi connectivity index (χ2v) is 6.52. The summed E-state index contributed by atoms with van der Waals surface area (Å²) >= 11 is 1.36. The lowest BCUT2D eigenvalue weighted by atomic mass is 10.0. The maximum absolute atomic E-state index is 12.4. The molecule has 1 fully saturated rings. The molecule has 0 aromatic carbocycles. The minimum absolute atomic E-state index is 0.150. The monoisotopic (exact) mass is 370 g/mol. The molecule has 2 aliphatic heterocycles. The Morgan fingerprint density at radius 3 is 2.64 bits per heavy atom. The van der Waals surface area contributed by atoms with Crippen LogP contribution in [0, 0.1) is 0 Å². The van der Waals surface area contributed by atoms with Gasteiger partial charge in [0.2, 0.25) is 0 Å². The van der Waals surface area contributed by atoms with Crippen LogP contribution in [0.3, 0.4) is 0 Å². The van der Waals surface area contributed by atoms with E-state index in [4.69, 9.17) is 4.74 Å². The van der Waals surface area contributed by atoms with Gasteiger partial charge in [-0.05, 0) is 6.92 Å². The van der Waals surface area contributed by atoms with E-state index in [0.717, 1.165) is 0 Å². The summed E-state index contributed by atoms with van der Waals surface area (Å²) in [7, 11) is 1.24. The molecular weight excluding hydrogens is 352 g/mol. The number of methoxy groups -OCH3 is 1. The molecule has 2 N–H and O–H groups in total. The van der Waals surface area contributed by atoms with Gasteiger partial charge in [0.25, 0.3) is 5.91 Å². The Kier molecular flexibility index (Phi) is 5.73. The second kappa shape index (κ2) is 7.60. The predicted octanol–water partition coefficient (Wildman–Crippen LogP) is -0.162. The molecular formula is C15H18N2O7S. The highest BCUT2D eigenvalue weighted by atomic mass is 32.2. The largest absolute Gasteiger partial charge is 0.477 e. The minimum Gasteiger partial charge on any atom is -0.477 e. The SMILES string of the molecule is COC(=O)C=C(C)N[C@@H]1C(=O)N2C(C(=O)O)=C(COC(C)=O)CS[C@H]12. The number of nitrogens with zero attached hydrogens (tertiary/aromatic N) is 1. The zero-order chi connectivity index (χ0) is 18.7. The van der Waals surface area contributed by atoms with E-state index in [1.807, 2.05) is 0 Å². The molecule has 0 aromatic rings. The van der Waals surface area contributed by atoms with Gasteiger partial charge in [-0.25, -0.2) is 9.59 Å². The van der Waals surface area contributed by atoms with E-state index in [-0.39, 0.29) is 12.3 Å². The average molecular weight is 370 g/mol. The van der Waals surface area contributed by atoms with Crippen molar-refractivity contribution in [2.24, 2.45) is 0 Å². The molecule has 2 heterocycles. The molecule has 2 rings (SSSR count). The van der Waals surface area contributed by atoms with Gasteiger partial charge in [0, 0.05) is 30.0 Å². The lowest BCUT2D eigenvalue weighted by Crippen LogP contribution is -2.69. The van der Waals surface area contributed by atoms with Crippen molar-refractivity contribution < 1.29 is 33.8 Å². The summed E-state index contributed by atoms with van der Waals surface area (Å²) in [6.07, 6.45) is 1.21. The summed E-state index contributed by atoms with van der Waals surface area (Å²) in [5, 5.41) is 11.9. The van der Waals surface area contributed by atoms with E-state index in [1.165, 1.54) is 36.8 Å². The molecule has 25 heavy (non-hydrogen) atoms. The van der Waals surface area contributed by atoms with Gasteiger partial charge in [-0.2, -0.15) is 0 Å². The maximum atomic E-state index is 12.4. The van der Waals surface area contributed by atoms with Crippen molar-refractivity contribution in [2.45, 2.75) is 25.3 Å². The molecule has 2 atom stereocenters. The van der Waals surface area contributed by atoms with Crippen LogP contribution in [0.1, 0.15) is 13.8 Å². The Labute approximate surface area is 148 Å². The highest BCUT2D eigenvalue weighted by Gasteiger charge is 2.53. The first-order valence-corrected chi connectivity index (χ1v) is 8.37. The molecule has 136 valence electrons. The number of thioether (sulfide) groups is 1. The predicted molar refractivity (Wildman–Crippen MR) is 87.1 cm³/mol. The number of amides is 1. The van der Waals surface area contributed by atoms with Crippen molar-refractivity contribution in [1.29, 1.82) is 0 Å². The van der Waals surface area contributed by atoms with E-state index in [1.54, 1.807) is 6.92 Å². The van der Waals surface area contributed by atoms with Crippen molar-refractivity contribution in [1.82, 2.24) is 10.2 Å². The van der Waals surface area contributed by atoms with E-state index >= 15 is 0 Å². The van der Waals surface area contributed by atoms with Gasteiger partial charge in [-0.3, -0.25) is 14.5 Å². The third kappa shape index (κ3) is 3.95. The Bertz CT molecular complexity index is 685. The van der Waals surface area contributed by atoms with Crippen LogP contribution in [0.15, 0.2) is 23.0 Å². The van der Waals surface area contributed by atoms with Crippen LogP contribution < -0.4 is 5.32 Å². The third-order valence-electron chi connectivity index (χ3n) is 3.62. The summed E-state index contributed by atoms with van der Waals surface area (Å²) in [4.78, 5) is 47.3. The molecule has 0 bridgehead atoms. The van der Waals surface area contributed by atoms with Gasteiger partial charge < -0.3 is 19.9 Å². The van der Waals surface area contributed by atoms with Gasteiger partial charge in [0.05, 0.1) is 7.11 Å². The highest BCUT2D eigenvalue weighted by molar-refractivity contribution is 8.00. The van der Waals surface area contributed by atoms with Crippen LogP contribution >= 0.6 is 11.8 Å². The Balaban J connectivity index is 2.16. The molecule has 0 aliphatic carbocycles. The lowest BCUT2D eigenvalue weighted by molar-refractivity contribution is -0.149. The van der Waals surface area contributed by atoms with Crippen LogP contribution in [-0.4, -0.2) is 64.7 Å². The molecule has 10 heteroatoms. The topological polar surface area (TPSA) is 122 Å². The number of carboxylic acid groups (broad SMARTS) is 1. The van der Waals surface area contributed by atoms with E-state index in [0.29, 0.717) is 17.0 Å². The number of carboxylic acids is 1. The van der Waals surface area contributed by atoms with Crippen molar-refractivity contribution in [3.63, 3.8) is 0 Å². The van der Waals surface area contributed by atoms with Crippen LogP contribution in [0.2, 0.25) is 0 Å². The number of carbonyl (C=O) groups is 4. The number of allylic oxidation sites excluding steroid dienone is 1. The first kappa shape index (κ1) is 18.8. The number of rotatable bonds is 6. The van der Waals surface area contributed by atoms with Gasteiger partial charge in [0.15, 0.2) is 0 Å². The number of aliphatic carboxylic acids is 1. The fourth-order valence-corrected chi connectivity index (χ4v) is 3.83. The smallest absolute Gasteiger partial charge is 0.352 e. The zero-order valence-corrected chi connectivity index (χ0v) is 14.7. The van der Waals surface area contributed by atoms with E-state index in [9.17, 15) is 24.3 Å². The molecule has 0 spiro atoms. The van der Waals surface area contributed by atoms with Crippen LogP contribution in [0.25, 0.3) is 0 Å². The van der Waals surface area contributed by atoms with Crippen molar-refractivity contribution in [3.8, 4) is 0 Å². The van der Waals surface area contributed by atoms with Crippen LogP contribution in [-0.2, 0) is 28.7 Å². The number of ether oxygens (including phenoxy) is 2. The number of fused-ring (bicyclic) bond motifs is 1. The fraction of sp³-hybridized carbons (Fsp3) is 0.467. The first-order chi connectivity index (χ1) is 11.8. The van der Waals surface area contributed by atoms with Crippen molar-refractivity contribution in [2.75, 3.05) is 19.5 Å². The molecule has 0 saturated carbocycles. The number of hydrogen-bond donors (Lipinski definition) is 2. The van der Waals surface area contributed by atoms with Gasteiger partial charge in [-0.1, -0.05) is 0 Å². The third-order valence-corrected chi connectivity index (χ3v) is 4.96. The highest BCUT2D eigenvalue weighted by Crippen LogP contribution is 2.40. The summed E-state index contributed by atoms with van der Waals surface area (Å²) in [6, 6.07) is -0.643. The summed E-state index contributed by atoms with van der Waals surface area (Å²) < 4.78 is 9.38. The van der Waals surface area contributed by atoms with Crippen LogP contribution in [0.5, 0.6) is 0 Å². The van der Waals surface area contributed by atoms with E-state index in [2.05, 4.69) is 10.1 Å². The standard InChI is InChI=1S/C15H18N2O7S/c1-7(4-10(19)23-3)16-11-13(20)17-12(15(21)22)9(5-24-8(2)18)6-25-14(11)17/h4,11,14,16H,5-6H2,1-3H3,(H,21,22)/t11-,14-/m1/s1. The maximum Gasteiger partial charge on any atom is 0.352 e. The number of carbonyl (C=O) groups excluding carboxylic acids is 3. The van der Waals surface area contributed by atoms with Crippen LogP contribution in [0.4, 0.5) is 0 Å². The molecule has 0 radical (unpaired) electrons. The summed E-state index contributed by atoms with van der Waals surface area (Å²) in [6.45, 7) is 2.67. The quantitative estimate of drug-likeness (QED) is 0.373. The number of β-lactam (4-membered cyclic amide) rings is 1. The molecule has 1 saturated heterocycles. The van der Waals surface area contributed by atoms with Gasteiger partial charge >= 0.3 is 17.9 Å². The normalized spacial score (nSPS) is 22.8. The van der Waals surface area contributed by atoms with Crippen molar-refractivity contribution in [3.05, 3.63) is 23.0 Å². The van der Waals surface area contributed by atoms with E-state index < -0.39 is 35.2 Å². The molecule has 9 nitrogen and oxygen atoms in total. The summed E-state index contributed by atoms with van der Waals surface area (Å²) in [5.41, 5.74) is 0.664. The fourth-order valence-electron chi connectivity index (χ4n) is 2.51. The van der Waals surface area contributed by atoms with Crippen molar-refractivity contribution >= 4 is 35.6 Å². The lowest BCUT2D eigenvalue weighted by Gasteiger charge is -2.49. The summed E-state index contributed by atoms with van der Waals surface area (Å²) in [5.74, 6) is -2.43. The molecule has 2 aliphatic rings. The Morgan fingerprint density at radius 2 is 2.08 bits per heavy atom. The number of nitrogens with one attached hydrogen (secondary N) is 1. The van der Waals surface area contributed by atoms with Gasteiger partial charge in [0.1, 0.15) is 23.7 Å².